The van der Waals surface area contributed by atoms with Crippen molar-refractivity contribution in [3.63, 3.8) is 0 Å². The first-order chi connectivity index (χ1) is 13.8. The number of hydrogen-bond acceptors (Lipinski definition) is 5. The van der Waals surface area contributed by atoms with Crippen LogP contribution in [0.4, 0.5) is 5.82 Å². The smallest absolute Gasteiger partial charge is 0.133 e. The lowest BCUT2D eigenvalue weighted by Crippen LogP contribution is -2.52. The van der Waals surface area contributed by atoms with Gasteiger partial charge in [0, 0.05) is 31.4 Å². The molecule has 150 valence electrons. The Morgan fingerprint density at radius 2 is 1.93 bits per heavy atom. The third-order valence-electron chi connectivity index (χ3n) is 6.93. The van der Waals surface area contributed by atoms with Gasteiger partial charge < -0.3 is 14.1 Å². The van der Waals surface area contributed by atoms with E-state index in [2.05, 4.69) is 39.0 Å². The largest absolute Gasteiger partial charge is 0.462 e. The van der Waals surface area contributed by atoms with Gasteiger partial charge in [-0.2, -0.15) is 0 Å². The summed E-state index contributed by atoms with van der Waals surface area (Å²) in [4.78, 5) is 9.66. The first kappa shape index (κ1) is 18.2. The molecule has 3 saturated heterocycles. The molecule has 2 aromatic heterocycles. The Balaban J connectivity index is 1.23. The third kappa shape index (κ3) is 3.58. The van der Waals surface area contributed by atoms with Gasteiger partial charge in [0.2, 0.25) is 0 Å². The third-order valence-corrected chi connectivity index (χ3v) is 6.93. The summed E-state index contributed by atoms with van der Waals surface area (Å²) in [5, 5.41) is 0. The van der Waals surface area contributed by atoms with Gasteiger partial charge in [0.05, 0.1) is 6.54 Å². The quantitative estimate of drug-likeness (QED) is 0.777. The van der Waals surface area contributed by atoms with Gasteiger partial charge in [-0.15, -0.1) is 0 Å². The van der Waals surface area contributed by atoms with Crippen molar-refractivity contribution >= 4 is 5.82 Å². The zero-order valence-electron chi connectivity index (χ0n) is 16.7. The Bertz CT molecular complexity index is 761. The van der Waals surface area contributed by atoms with E-state index in [1.54, 1.807) is 0 Å². The minimum Gasteiger partial charge on any atom is -0.462 e. The van der Waals surface area contributed by atoms with E-state index in [-0.39, 0.29) is 6.10 Å². The molecule has 5 heteroatoms. The molecule has 1 spiro atoms. The van der Waals surface area contributed by atoms with Crippen LogP contribution in [-0.4, -0.2) is 41.7 Å². The molecule has 28 heavy (non-hydrogen) atoms. The molecular weight excluding hydrogens is 350 g/mol. The van der Waals surface area contributed by atoms with Crippen LogP contribution < -0.4 is 4.90 Å². The monoisotopic (exact) mass is 381 g/mol. The summed E-state index contributed by atoms with van der Waals surface area (Å²) in [5.41, 5.74) is 0.333. The van der Waals surface area contributed by atoms with Crippen LogP contribution in [0.2, 0.25) is 0 Å². The Morgan fingerprint density at radius 3 is 2.71 bits per heavy atom. The van der Waals surface area contributed by atoms with Crippen LogP contribution in [0.15, 0.2) is 40.9 Å². The van der Waals surface area contributed by atoms with Crippen LogP contribution in [0.5, 0.6) is 0 Å². The number of furan rings is 1. The standard InChI is InChI=1S/C23H31N3O2/c1-3-13-24-22(7-1)25-15-11-23(12-16-25)10-5-14-26(23)18-19-8-9-21(28-19)20-6-2-4-17-27-20/h1,3,7-9,13,20H,2,4-6,10-12,14-18H2. The van der Waals surface area contributed by atoms with Crippen LogP contribution in [0.3, 0.4) is 0 Å². The van der Waals surface area contributed by atoms with Crippen molar-refractivity contribution < 1.29 is 9.15 Å². The number of anilines is 1. The number of rotatable bonds is 4. The van der Waals surface area contributed by atoms with Gasteiger partial charge >= 0.3 is 0 Å². The topological polar surface area (TPSA) is 41.7 Å². The molecule has 5 nitrogen and oxygen atoms in total. The summed E-state index contributed by atoms with van der Waals surface area (Å²) in [6.07, 6.45) is 10.6. The minimum atomic E-state index is 0.164. The van der Waals surface area contributed by atoms with E-state index in [0.29, 0.717) is 5.54 Å². The maximum atomic E-state index is 6.22. The molecule has 5 rings (SSSR count). The summed E-state index contributed by atoms with van der Waals surface area (Å²) in [6, 6.07) is 10.5. The molecule has 3 aliphatic heterocycles. The maximum Gasteiger partial charge on any atom is 0.133 e. The van der Waals surface area contributed by atoms with Crippen LogP contribution >= 0.6 is 0 Å². The Kier molecular flexibility index (Phi) is 5.12. The SMILES string of the molecule is c1ccc(N2CCC3(CCCN3Cc3ccc(C4CCCCO4)o3)CC2)nc1. The average Bonchev–Trinajstić information content (AvgIpc) is 3.38. The van der Waals surface area contributed by atoms with E-state index in [4.69, 9.17) is 9.15 Å². The number of ether oxygens (including phenoxy) is 1. The van der Waals surface area contributed by atoms with Crippen LogP contribution in [0.25, 0.3) is 0 Å². The van der Waals surface area contributed by atoms with Crippen molar-refractivity contribution in [1.82, 2.24) is 9.88 Å². The Morgan fingerprint density at radius 1 is 1.00 bits per heavy atom. The summed E-state index contributed by atoms with van der Waals surface area (Å²) in [7, 11) is 0. The van der Waals surface area contributed by atoms with Crippen molar-refractivity contribution in [1.29, 1.82) is 0 Å². The lowest BCUT2D eigenvalue weighted by atomic mass is 9.85. The van der Waals surface area contributed by atoms with Gasteiger partial charge in [-0.1, -0.05) is 6.07 Å². The molecular formula is C23H31N3O2. The molecule has 1 atom stereocenters. The molecule has 1 unspecified atom stereocenters. The zero-order valence-corrected chi connectivity index (χ0v) is 16.7. The highest BCUT2D eigenvalue weighted by Gasteiger charge is 2.43. The number of likely N-dealkylation sites (tertiary alicyclic amines) is 1. The number of aromatic nitrogens is 1. The maximum absolute atomic E-state index is 6.22. The van der Waals surface area contributed by atoms with Crippen molar-refractivity contribution in [2.24, 2.45) is 0 Å². The predicted molar refractivity (Wildman–Crippen MR) is 109 cm³/mol. The normalized spacial score (nSPS) is 25.4. The highest BCUT2D eigenvalue weighted by atomic mass is 16.5. The molecule has 3 fully saturated rings. The van der Waals surface area contributed by atoms with Gasteiger partial charge in [0.15, 0.2) is 0 Å². The zero-order chi connectivity index (χ0) is 18.8. The van der Waals surface area contributed by atoms with Crippen molar-refractivity contribution in [3.8, 4) is 0 Å². The van der Waals surface area contributed by atoms with Crippen LogP contribution in [-0.2, 0) is 11.3 Å². The second-order valence-corrected chi connectivity index (χ2v) is 8.58. The van der Waals surface area contributed by atoms with E-state index < -0.39 is 0 Å². The highest BCUT2D eigenvalue weighted by Crippen LogP contribution is 2.40. The molecule has 0 amide bonds. The first-order valence-corrected chi connectivity index (χ1v) is 10.9. The lowest BCUT2D eigenvalue weighted by molar-refractivity contribution is 0.000273. The van der Waals surface area contributed by atoms with Crippen molar-refractivity contribution in [3.05, 3.63) is 48.0 Å². The van der Waals surface area contributed by atoms with Gasteiger partial charge in [-0.3, -0.25) is 4.90 Å². The molecule has 3 aliphatic rings. The van der Waals surface area contributed by atoms with Crippen molar-refractivity contribution in [2.75, 3.05) is 31.1 Å². The predicted octanol–water partition coefficient (Wildman–Crippen LogP) is 4.55. The number of nitrogens with zero attached hydrogens (tertiary/aromatic N) is 3. The van der Waals surface area contributed by atoms with Crippen molar-refractivity contribution in [2.45, 2.75) is 63.1 Å². The van der Waals surface area contributed by atoms with Gasteiger partial charge in [-0.25, -0.2) is 4.98 Å². The highest BCUT2D eigenvalue weighted by molar-refractivity contribution is 5.38. The summed E-state index contributed by atoms with van der Waals surface area (Å²) in [5.74, 6) is 3.23. The van der Waals surface area contributed by atoms with E-state index in [1.807, 2.05) is 12.3 Å². The summed E-state index contributed by atoms with van der Waals surface area (Å²) < 4.78 is 12.1. The summed E-state index contributed by atoms with van der Waals surface area (Å²) >= 11 is 0. The second kappa shape index (κ2) is 7.88. The number of hydrogen-bond donors (Lipinski definition) is 0. The Hall–Kier alpha value is -1.85. The molecule has 5 heterocycles. The van der Waals surface area contributed by atoms with E-state index in [1.165, 1.54) is 45.1 Å². The van der Waals surface area contributed by atoms with Gasteiger partial charge in [0.1, 0.15) is 23.4 Å². The van der Waals surface area contributed by atoms with Gasteiger partial charge in [-0.05, 0) is 75.8 Å². The first-order valence-electron chi connectivity index (χ1n) is 10.9. The second-order valence-electron chi connectivity index (χ2n) is 8.58. The minimum absolute atomic E-state index is 0.164. The number of piperidine rings is 1. The average molecular weight is 382 g/mol. The van der Waals surface area contributed by atoms with E-state index in [9.17, 15) is 0 Å². The molecule has 0 aliphatic carbocycles. The molecule has 2 aromatic rings. The molecule has 0 saturated carbocycles. The molecule has 0 N–H and O–H groups in total. The van der Waals surface area contributed by atoms with Gasteiger partial charge in [0.25, 0.3) is 0 Å². The van der Waals surface area contributed by atoms with Crippen LogP contribution in [0, 0.1) is 0 Å². The van der Waals surface area contributed by atoms with E-state index >= 15 is 0 Å². The molecule has 0 bridgehead atoms. The fourth-order valence-corrected chi connectivity index (χ4v) is 5.31. The lowest BCUT2D eigenvalue weighted by Gasteiger charge is -2.45. The fraction of sp³-hybridized carbons (Fsp3) is 0.609. The molecule has 0 radical (unpaired) electrons. The Labute approximate surface area is 167 Å². The van der Waals surface area contributed by atoms with E-state index in [0.717, 1.165) is 50.0 Å². The molecule has 0 aromatic carbocycles. The van der Waals surface area contributed by atoms with Crippen LogP contribution in [0.1, 0.15) is 62.6 Å². The summed E-state index contributed by atoms with van der Waals surface area (Å²) in [6.45, 7) is 5.15. The number of pyridine rings is 1. The fourth-order valence-electron chi connectivity index (χ4n) is 5.31.